The third-order valence-corrected chi connectivity index (χ3v) is 4.12. The smallest absolute Gasteiger partial charge is 0.227 e. The van der Waals surface area contributed by atoms with E-state index in [1.54, 1.807) is 18.2 Å². The van der Waals surface area contributed by atoms with Gasteiger partial charge in [0.2, 0.25) is 5.91 Å². The van der Waals surface area contributed by atoms with Crippen molar-refractivity contribution >= 4 is 40.9 Å². The van der Waals surface area contributed by atoms with Crippen molar-refractivity contribution in [2.75, 3.05) is 5.75 Å². The number of ether oxygens (including phenoxy) is 1. The second-order valence-electron chi connectivity index (χ2n) is 4.24. The Kier molecular flexibility index (Phi) is 5.79. The Morgan fingerprint density at radius 2 is 1.90 bits per heavy atom. The number of para-hydroxylation sites is 1. The van der Waals surface area contributed by atoms with Gasteiger partial charge in [-0.25, -0.2) is 0 Å². The van der Waals surface area contributed by atoms with Crippen LogP contribution < -0.4 is 10.5 Å². The van der Waals surface area contributed by atoms with E-state index >= 15 is 0 Å². The fourth-order valence-corrected chi connectivity index (χ4v) is 2.87. The molecular weight excluding hydrogens is 329 g/mol. The number of thioether (sulfide) groups is 1. The van der Waals surface area contributed by atoms with Gasteiger partial charge >= 0.3 is 0 Å². The van der Waals surface area contributed by atoms with Crippen molar-refractivity contribution in [1.29, 1.82) is 0 Å². The van der Waals surface area contributed by atoms with Crippen molar-refractivity contribution in [2.45, 2.75) is 5.75 Å². The molecule has 0 aromatic heterocycles. The van der Waals surface area contributed by atoms with Crippen molar-refractivity contribution in [3.63, 3.8) is 0 Å². The van der Waals surface area contributed by atoms with Crippen LogP contribution in [-0.2, 0) is 10.5 Å². The third kappa shape index (κ3) is 4.84. The number of halogens is 2. The van der Waals surface area contributed by atoms with Gasteiger partial charge in [-0.3, -0.25) is 4.79 Å². The van der Waals surface area contributed by atoms with Gasteiger partial charge in [0.1, 0.15) is 11.5 Å². The summed E-state index contributed by atoms with van der Waals surface area (Å²) in [6.07, 6.45) is 0. The molecule has 110 valence electrons. The summed E-state index contributed by atoms with van der Waals surface area (Å²) in [6.45, 7) is 0. The Balaban J connectivity index is 2.14. The van der Waals surface area contributed by atoms with E-state index in [4.69, 9.17) is 33.7 Å². The number of carbonyl (C=O) groups excluding carboxylic acids is 1. The Bertz CT molecular complexity index is 649. The van der Waals surface area contributed by atoms with E-state index in [0.29, 0.717) is 27.3 Å². The highest BCUT2D eigenvalue weighted by Crippen LogP contribution is 2.34. The van der Waals surface area contributed by atoms with Gasteiger partial charge in [0, 0.05) is 16.3 Å². The first-order chi connectivity index (χ1) is 10.1. The molecule has 0 atom stereocenters. The molecule has 1 amide bonds. The molecular formula is C15H13Cl2NO2S. The van der Waals surface area contributed by atoms with E-state index in [-0.39, 0.29) is 11.7 Å². The first-order valence-electron chi connectivity index (χ1n) is 6.13. The number of nitrogens with two attached hydrogens (primary N) is 1. The second-order valence-corrected chi connectivity index (χ2v) is 6.07. The van der Waals surface area contributed by atoms with Crippen molar-refractivity contribution in [2.24, 2.45) is 5.73 Å². The highest BCUT2D eigenvalue weighted by Gasteiger charge is 2.08. The number of primary amides is 1. The lowest BCUT2D eigenvalue weighted by atomic mass is 10.2. The molecule has 3 nitrogen and oxygen atoms in total. The first kappa shape index (κ1) is 16.0. The quantitative estimate of drug-likeness (QED) is 0.841. The molecule has 0 aliphatic rings. The zero-order chi connectivity index (χ0) is 15.2. The zero-order valence-corrected chi connectivity index (χ0v) is 13.3. The van der Waals surface area contributed by atoms with Crippen LogP contribution in [0.2, 0.25) is 10.0 Å². The maximum atomic E-state index is 10.8. The molecule has 0 aliphatic carbocycles. The van der Waals surface area contributed by atoms with Gasteiger partial charge in [-0.1, -0.05) is 41.4 Å². The van der Waals surface area contributed by atoms with Crippen LogP contribution in [0, 0.1) is 0 Å². The lowest BCUT2D eigenvalue weighted by molar-refractivity contribution is -0.115. The Hall–Kier alpha value is -1.36. The molecule has 21 heavy (non-hydrogen) atoms. The predicted molar refractivity (Wildman–Crippen MR) is 88.3 cm³/mol. The summed E-state index contributed by atoms with van der Waals surface area (Å²) in [5, 5.41) is 1.000. The highest BCUT2D eigenvalue weighted by atomic mass is 35.5. The van der Waals surface area contributed by atoms with Crippen LogP contribution in [-0.4, -0.2) is 11.7 Å². The lowest BCUT2D eigenvalue weighted by Crippen LogP contribution is -2.13. The fourth-order valence-electron chi connectivity index (χ4n) is 1.66. The average Bonchev–Trinajstić information content (AvgIpc) is 2.43. The highest BCUT2D eigenvalue weighted by molar-refractivity contribution is 7.99. The lowest BCUT2D eigenvalue weighted by Gasteiger charge is -2.12. The van der Waals surface area contributed by atoms with Gasteiger partial charge in [0.05, 0.1) is 10.8 Å². The Morgan fingerprint density at radius 3 is 2.62 bits per heavy atom. The Labute approximate surface area is 137 Å². The molecule has 0 radical (unpaired) electrons. The summed E-state index contributed by atoms with van der Waals surface area (Å²) in [7, 11) is 0. The summed E-state index contributed by atoms with van der Waals surface area (Å²) < 4.78 is 5.83. The Morgan fingerprint density at radius 1 is 1.14 bits per heavy atom. The number of amides is 1. The van der Waals surface area contributed by atoms with E-state index in [1.165, 1.54) is 11.8 Å². The van der Waals surface area contributed by atoms with Gasteiger partial charge in [-0.05, 0) is 24.3 Å². The molecule has 2 aromatic rings. The molecule has 0 fully saturated rings. The number of hydrogen-bond acceptors (Lipinski definition) is 3. The molecule has 2 N–H and O–H groups in total. The van der Waals surface area contributed by atoms with Gasteiger partial charge in [-0.2, -0.15) is 0 Å². The first-order valence-corrected chi connectivity index (χ1v) is 8.04. The second kappa shape index (κ2) is 7.59. The largest absolute Gasteiger partial charge is 0.455 e. The maximum absolute atomic E-state index is 10.8. The molecule has 0 saturated carbocycles. The molecule has 0 spiro atoms. The van der Waals surface area contributed by atoms with E-state index in [2.05, 4.69) is 0 Å². The van der Waals surface area contributed by atoms with Crippen LogP contribution in [0.1, 0.15) is 5.56 Å². The average molecular weight is 342 g/mol. The van der Waals surface area contributed by atoms with E-state index in [0.717, 1.165) is 5.56 Å². The van der Waals surface area contributed by atoms with Gasteiger partial charge in [-0.15, -0.1) is 11.8 Å². The molecule has 0 saturated heterocycles. The van der Waals surface area contributed by atoms with Crippen LogP contribution in [0.15, 0.2) is 42.5 Å². The summed E-state index contributed by atoms with van der Waals surface area (Å²) in [6, 6.07) is 12.6. The number of benzene rings is 2. The topological polar surface area (TPSA) is 52.3 Å². The fraction of sp³-hybridized carbons (Fsp3) is 0.133. The van der Waals surface area contributed by atoms with Crippen LogP contribution in [0.4, 0.5) is 0 Å². The van der Waals surface area contributed by atoms with Gasteiger partial charge in [0.15, 0.2) is 0 Å². The van der Waals surface area contributed by atoms with Crippen molar-refractivity contribution in [1.82, 2.24) is 0 Å². The predicted octanol–water partition coefficient (Wildman–Crippen LogP) is 4.50. The standard InChI is InChI=1S/C15H13Cl2NO2S/c16-11-5-6-14(12(17)7-11)20-13-4-2-1-3-10(13)8-21-9-15(18)19/h1-7H,8-9H2,(H2,18,19). The summed E-state index contributed by atoms with van der Waals surface area (Å²) in [5.41, 5.74) is 6.10. The van der Waals surface area contributed by atoms with E-state index in [9.17, 15) is 4.79 Å². The van der Waals surface area contributed by atoms with Gasteiger partial charge in [0.25, 0.3) is 0 Å². The van der Waals surface area contributed by atoms with Crippen LogP contribution >= 0.6 is 35.0 Å². The van der Waals surface area contributed by atoms with Crippen molar-refractivity contribution in [3.8, 4) is 11.5 Å². The molecule has 2 rings (SSSR count). The monoisotopic (exact) mass is 341 g/mol. The minimum atomic E-state index is -0.334. The normalized spacial score (nSPS) is 10.4. The molecule has 6 heteroatoms. The minimum Gasteiger partial charge on any atom is -0.455 e. The summed E-state index contributed by atoms with van der Waals surface area (Å²) in [4.78, 5) is 10.8. The van der Waals surface area contributed by atoms with Gasteiger partial charge < -0.3 is 10.5 Å². The molecule has 0 bridgehead atoms. The minimum absolute atomic E-state index is 0.274. The van der Waals surface area contributed by atoms with Crippen LogP contribution in [0.25, 0.3) is 0 Å². The maximum Gasteiger partial charge on any atom is 0.227 e. The number of carbonyl (C=O) groups is 1. The summed E-state index contributed by atoms with van der Waals surface area (Å²) in [5.74, 6) is 1.80. The van der Waals surface area contributed by atoms with Crippen LogP contribution in [0.5, 0.6) is 11.5 Å². The van der Waals surface area contributed by atoms with E-state index in [1.807, 2.05) is 24.3 Å². The van der Waals surface area contributed by atoms with Crippen LogP contribution in [0.3, 0.4) is 0 Å². The number of hydrogen-bond donors (Lipinski definition) is 1. The zero-order valence-electron chi connectivity index (χ0n) is 11.0. The molecule has 2 aromatic carbocycles. The third-order valence-electron chi connectivity index (χ3n) is 2.59. The van der Waals surface area contributed by atoms with Crippen molar-refractivity contribution < 1.29 is 9.53 Å². The number of rotatable bonds is 6. The van der Waals surface area contributed by atoms with Crippen molar-refractivity contribution in [3.05, 3.63) is 58.1 Å². The SMILES string of the molecule is NC(=O)CSCc1ccccc1Oc1ccc(Cl)cc1Cl. The molecule has 0 heterocycles. The molecule has 0 unspecified atom stereocenters. The molecule has 0 aliphatic heterocycles. The van der Waals surface area contributed by atoms with E-state index < -0.39 is 0 Å². The summed E-state index contributed by atoms with van der Waals surface area (Å²) >= 11 is 13.4.